The van der Waals surface area contributed by atoms with Crippen molar-refractivity contribution in [2.24, 2.45) is 0 Å². The van der Waals surface area contributed by atoms with Crippen LogP contribution in [0.25, 0.3) is 0 Å². The van der Waals surface area contributed by atoms with Crippen LogP contribution in [0.2, 0.25) is 0 Å². The zero-order valence-electron chi connectivity index (χ0n) is 15.9. The van der Waals surface area contributed by atoms with Gasteiger partial charge in [-0.05, 0) is 65.4 Å². The van der Waals surface area contributed by atoms with Crippen molar-refractivity contribution in [3.63, 3.8) is 0 Å². The number of anilines is 1. The highest BCUT2D eigenvalue weighted by Gasteiger charge is 2.18. The molecule has 0 aliphatic carbocycles. The van der Waals surface area contributed by atoms with Crippen LogP contribution in [0.3, 0.4) is 0 Å². The largest absolute Gasteiger partial charge is 0.476 e. The molecule has 1 N–H and O–H groups in total. The lowest BCUT2D eigenvalue weighted by molar-refractivity contribution is -0.390. The summed E-state index contributed by atoms with van der Waals surface area (Å²) in [6, 6.07) is 17.5. The smallest absolute Gasteiger partial charge is 0.406 e. The summed E-state index contributed by atoms with van der Waals surface area (Å²) in [7, 11) is 0. The molecule has 0 aliphatic rings. The van der Waals surface area contributed by atoms with E-state index in [9.17, 15) is 14.9 Å². The van der Waals surface area contributed by atoms with Crippen LogP contribution in [0, 0.1) is 24.0 Å². The number of hydrogen-bond donors (Lipinski definition) is 1. The van der Waals surface area contributed by atoms with E-state index in [0.29, 0.717) is 22.9 Å². The molecule has 1 amide bonds. The maximum atomic E-state index is 12.1. The SMILES string of the molecule is Cc1ccc(Oc2ccc(NC(=O)COc3ccc(C)nc3[N+](=O)[O-])cc2)cc1. The Bertz CT molecular complexity index is 1020. The molecule has 148 valence electrons. The number of nitrogens with one attached hydrogen (secondary N) is 1. The van der Waals surface area contributed by atoms with Crippen molar-refractivity contribution in [2.45, 2.75) is 13.8 Å². The van der Waals surface area contributed by atoms with E-state index >= 15 is 0 Å². The van der Waals surface area contributed by atoms with Crippen LogP contribution in [0.5, 0.6) is 17.2 Å². The first kappa shape index (κ1) is 19.8. The highest BCUT2D eigenvalue weighted by molar-refractivity contribution is 5.91. The lowest BCUT2D eigenvalue weighted by Crippen LogP contribution is -2.20. The third-order valence-electron chi connectivity index (χ3n) is 3.91. The average molecular weight is 393 g/mol. The molecule has 0 bridgehead atoms. The second-order valence-corrected chi connectivity index (χ2v) is 6.31. The molecule has 2 aromatic carbocycles. The van der Waals surface area contributed by atoms with Crippen LogP contribution in [0.1, 0.15) is 11.3 Å². The van der Waals surface area contributed by atoms with Gasteiger partial charge in [-0.15, -0.1) is 0 Å². The number of aromatic nitrogens is 1. The summed E-state index contributed by atoms with van der Waals surface area (Å²) < 4.78 is 11.0. The number of hydrogen-bond acceptors (Lipinski definition) is 6. The molecule has 0 aliphatic heterocycles. The zero-order valence-corrected chi connectivity index (χ0v) is 15.9. The number of amides is 1. The van der Waals surface area contributed by atoms with Gasteiger partial charge in [-0.3, -0.25) is 4.79 Å². The Balaban J connectivity index is 1.56. The maximum absolute atomic E-state index is 12.1. The molecular weight excluding hydrogens is 374 g/mol. The summed E-state index contributed by atoms with van der Waals surface area (Å²) in [4.78, 5) is 26.3. The van der Waals surface area contributed by atoms with Crippen molar-refractivity contribution in [3.8, 4) is 17.2 Å². The van der Waals surface area contributed by atoms with Crippen LogP contribution < -0.4 is 14.8 Å². The number of nitro groups is 1. The molecule has 0 atom stereocenters. The monoisotopic (exact) mass is 393 g/mol. The Morgan fingerprint density at radius 1 is 1.00 bits per heavy atom. The second kappa shape index (κ2) is 8.83. The zero-order chi connectivity index (χ0) is 20.8. The van der Waals surface area contributed by atoms with E-state index in [2.05, 4.69) is 10.3 Å². The molecule has 3 rings (SSSR count). The van der Waals surface area contributed by atoms with Crippen LogP contribution in [-0.2, 0) is 4.79 Å². The van der Waals surface area contributed by atoms with Crippen LogP contribution in [-0.4, -0.2) is 22.4 Å². The van der Waals surface area contributed by atoms with Gasteiger partial charge in [0.05, 0.1) is 0 Å². The van der Waals surface area contributed by atoms with Crippen molar-refractivity contribution in [2.75, 3.05) is 11.9 Å². The van der Waals surface area contributed by atoms with Gasteiger partial charge < -0.3 is 24.9 Å². The van der Waals surface area contributed by atoms with Gasteiger partial charge in [0, 0.05) is 12.6 Å². The van der Waals surface area contributed by atoms with Crippen LogP contribution >= 0.6 is 0 Å². The predicted octanol–water partition coefficient (Wildman–Crippen LogP) is 4.42. The van der Waals surface area contributed by atoms with E-state index in [1.165, 1.54) is 6.07 Å². The number of carbonyl (C=O) groups is 1. The molecule has 1 aromatic heterocycles. The van der Waals surface area contributed by atoms with E-state index in [1.54, 1.807) is 37.3 Å². The summed E-state index contributed by atoms with van der Waals surface area (Å²) in [5, 5.41) is 13.7. The third-order valence-corrected chi connectivity index (χ3v) is 3.91. The first-order valence-electron chi connectivity index (χ1n) is 8.80. The van der Waals surface area contributed by atoms with Crippen molar-refractivity contribution in [3.05, 3.63) is 82.0 Å². The van der Waals surface area contributed by atoms with E-state index in [1.807, 2.05) is 31.2 Å². The fourth-order valence-corrected chi connectivity index (χ4v) is 2.46. The summed E-state index contributed by atoms with van der Waals surface area (Å²) in [6.45, 7) is 3.25. The van der Waals surface area contributed by atoms with Gasteiger partial charge in [0.1, 0.15) is 17.2 Å². The highest BCUT2D eigenvalue weighted by Crippen LogP contribution is 2.25. The van der Waals surface area contributed by atoms with Crippen molar-refractivity contribution >= 4 is 17.4 Å². The normalized spacial score (nSPS) is 10.3. The minimum absolute atomic E-state index is 0.0578. The predicted molar refractivity (Wildman–Crippen MR) is 107 cm³/mol. The van der Waals surface area contributed by atoms with Gasteiger partial charge in [0.15, 0.2) is 6.61 Å². The number of ether oxygens (including phenoxy) is 2. The molecular formula is C21H19N3O5. The second-order valence-electron chi connectivity index (χ2n) is 6.31. The molecule has 0 saturated heterocycles. The van der Waals surface area contributed by atoms with Gasteiger partial charge in [0.2, 0.25) is 5.75 Å². The molecule has 0 unspecified atom stereocenters. The van der Waals surface area contributed by atoms with E-state index < -0.39 is 16.6 Å². The molecule has 3 aromatic rings. The first-order valence-corrected chi connectivity index (χ1v) is 8.80. The fraction of sp³-hybridized carbons (Fsp3) is 0.143. The molecule has 1 heterocycles. The topological polar surface area (TPSA) is 104 Å². The van der Waals surface area contributed by atoms with Crippen molar-refractivity contribution in [1.82, 2.24) is 4.98 Å². The average Bonchev–Trinajstić information content (AvgIpc) is 2.70. The number of pyridine rings is 1. The van der Waals surface area contributed by atoms with E-state index in [-0.39, 0.29) is 12.4 Å². The summed E-state index contributed by atoms with van der Waals surface area (Å²) in [5.41, 5.74) is 2.18. The number of carbonyl (C=O) groups excluding carboxylic acids is 1. The summed E-state index contributed by atoms with van der Waals surface area (Å²) in [5.74, 6) is 0.415. The number of rotatable bonds is 7. The molecule has 0 radical (unpaired) electrons. The Morgan fingerprint density at radius 3 is 2.24 bits per heavy atom. The van der Waals surface area contributed by atoms with Crippen molar-refractivity contribution < 1.29 is 19.2 Å². The van der Waals surface area contributed by atoms with Gasteiger partial charge in [-0.1, -0.05) is 17.7 Å². The Hall–Kier alpha value is -3.94. The van der Waals surface area contributed by atoms with Gasteiger partial charge in [-0.25, -0.2) is 0 Å². The van der Waals surface area contributed by atoms with Crippen LogP contribution in [0.15, 0.2) is 60.7 Å². The lowest BCUT2D eigenvalue weighted by atomic mass is 10.2. The number of benzene rings is 2. The molecule has 0 saturated carbocycles. The molecule has 0 spiro atoms. The van der Waals surface area contributed by atoms with Crippen LogP contribution in [0.4, 0.5) is 11.5 Å². The number of nitrogens with zero attached hydrogens (tertiary/aromatic N) is 2. The minimum Gasteiger partial charge on any atom is -0.476 e. The van der Waals surface area contributed by atoms with Gasteiger partial charge in [-0.2, -0.15) is 0 Å². The lowest BCUT2D eigenvalue weighted by Gasteiger charge is -2.09. The minimum atomic E-state index is -0.646. The highest BCUT2D eigenvalue weighted by atomic mass is 16.6. The molecule has 29 heavy (non-hydrogen) atoms. The van der Waals surface area contributed by atoms with Gasteiger partial charge in [0.25, 0.3) is 5.91 Å². The molecule has 8 nitrogen and oxygen atoms in total. The van der Waals surface area contributed by atoms with E-state index in [0.717, 1.165) is 5.56 Å². The standard InChI is InChI=1S/C21H19N3O5/c1-14-3-8-17(9-4-14)29-18-10-6-16(7-11-18)23-20(25)13-28-19-12-5-15(2)22-21(19)24(26)27/h3-12H,13H2,1-2H3,(H,23,25). The maximum Gasteiger partial charge on any atom is 0.406 e. The van der Waals surface area contributed by atoms with E-state index in [4.69, 9.17) is 9.47 Å². The Morgan fingerprint density at radius 2 is 1.62 bits per heavy atom. The fourth-order valence-electron chi connectivity index (χ4n) is 2.46. The number of aryl methyl sites for hydroxylation is 2. The quantitative estimate of drug-likeness (QED) is 0.471. The molecule has 8 heteroatoms. The Kier molecular flexibility index (Phi) is 6.03. The Labute approximate surface area is 167 Å². The summed E-state index contributed by atoms with van der Waals surface area (Å²) in [6.07, 6.45) is 0. The summed E-state index contributed by atoms with van der Waals surface area (Å²) >= 11 is 0. The molecule has 0 fully saturated rings. The first-order chi connectivity index (χ1) is 13.9. The van der Waals surface area contributed by atoms with Gasteiger partial charge >= 0.3 is 5.82 Å². The van der Waals surface area contributed by atoms with Crippen molar-refractivity contribution in [1.29, 1.82) is 0 Å². The third kappa shape index (κ3) is 5.52.